The largest absolute Gasteiger partial charge is 0.495 e. The summed E-state index contributed by atoms with van der Waals surface area (Å²) in [5.74, 6) is 0.251. The molecule has 1 fully saturated rings. The molecule has 2 amide bonds. The summed E-state index contributed by atoms with van der Waals surface area (Å²) in [4.78, 5) is 27.3. The van der Waals surface area contributed by atoms with Crippen LogP contribution < -0.4 is 9.64 Å². The molecule has 0 unspecified atom stereocenters. The topological polar surface area (TPSA) is 82.9 Å². The number of urea groups is 1. The number of nitriles is 1. The Labute approximate surface area is 163 Å². The van der Waals surface area contributed by atoms with Gasteiger partial charge in [-0.25, -0.2) is 4.79 Å². The molecule has 0 saturated carbocycles. The lowest BCUT2D eigenvalue weighted by Gasteiger charge is -2.21. The molecule has 0 N–H and O–H groups in total. The highest BCUT2D eigenvalue weighted by molar-refractivity contribution is 5.96. The molecule has 28 heavy (non-hydrogen) atoms. The molecule has 2 aromatic rings. The average Bonchev–Trinajstić information content (AvgIpc) is 3.11. The number of hydrogen-bond acceptors (Lipinski definition) is 5. The van der Waals surface area contributed by atoms with E-state index in [2.05, 4.69) is 10.8 Å². The van der Waals surface area contributed by atoms with Gasteiger partial charge in [-0.1, -0.05) is 18.2 Å². The van der Waals surface area contributed by atoms with E-state index < -0.39 is 0 Å². The number of rotatable bonds is 6. The molecule has 0 radical (unpaired) electrons. The first-order valence-electron chi connectivity index (χ1n) is 8.89. The molecular weight excluding hydrogens is 358 g/mol. The summed E-state index contributed by atoms with van der Waals surface area (Å²) in [6, 6.07) is 14.9. The molecule has 1 aliphatic rings. The van der Waals surface area contributed by atoms with Crippen LogP contribution in [0.3, 0.4) is 0 Å². The number of ether oxygens (including phenoxy) is 2. The van der Waals surface area contributed by atoms with Crippen molar-refractivity contribution in [2.75, 3.05) is 38.8 Å². The Morgan fingerprint density at radius 1 is 1.11 bits per heavy atom. The monoisotopic (exact) mass is 379 g/mol. The van der Waals surface area contributed by atoms with Crippen LogP contribution >= 0.6 is 0 Å². The van der Waals surface area contributed by atoms with E-state index in [1.165, 1.54) is 7.11 Å². The molecular formula is C21H21N3O4. The molecule has 1 heterocycles. The molecule has 0 spiro atoms. The van der Waals surface area contributed by atoms with E-state index in [0.29, 0.717) is 36.6 Å². The van der Waals surface area contributed by atoms with Gasteiger partial charge in [-0.15, -0.1) is 0 Å². The molecule has 1 saturated heterocycles. The van der Waals surface area contributed by atoms with Crippen molar-refractivity contribution < 1.29 is 19.1 Å². The van der Waals surface area contributed by atoms with Crippen molar-refractivity contribution in [3.63, 3.8) is 0 Å². The van der Waals surface area contributed by atoms with Crippen molar-refractivity contribution in [1.29, 1.82) is 5.26 Å². The zero-order chi connectivity index (χ0) is 20.1. The van der Waals surface area contributed by atoms with Gasteiger partial charge < -0.3 is 14.4 Å². The maximum absolute atomic E-state index is 12.7. The van der Waals surface area contributed by atoms with Crippen molar-refractivity contribution in [1.82, 2.24) is 4.90 Å². The van der Waals surface area contributed by atoms with Gasteiger partial charge in [0, 0.05) is 19.6 Å². The molecule has 0 aromatic heterocycles. The summed E-state index contributed by atoms with van der Waals surface area (Å²) in [5, 5.41) is 8.93. The van der Waals surface area contributed by atoms with Crippen molar-refractivity contribution in [2.24, 2.45) is 0 Å². The first-order valence-corrected chi connectivity index (χ1v) is 8.89. The van der Waals surface area contributed by atoms with Crippen LogP contribution in [0, 0.1) is 11.3 Å². The van der Waals surface area contributed by atoms with Gasteiger partial charge in [0.05, 0.1) is 38.0 Å². The molecule has 7 nitrogen and oxygen atoms in total. The standard InChI is InChI=1S/C21H21N3O4/c1-27-19-13-17(16-5-3-15(14-22)4-6-16)7-8-18(19)24-12-11-23(21(24)26)10-9-20(25)28-2/h3-8,13H,9-12H2,1-2H3. The van der Waals surface area contributed by atoms with Crippen LogP contribution in [0.1, 0.15) is 12.0 Å². The van der Waals surface area contributed by atoms with Gasteiger partial charge in [0.1, 0.15) is 5.75 Å². The molecule has 1 aliphatic heterocycles. The number of benzene rings is 2. The lowest BCUT2D eigenvalue weighted by atomic mass is 10.0. The third kappa shape index (κ3) is 3.91. The fraction of sp³-hybridized carbons (Fsp3) is 0.286. The minimum Gasteiger partial charge on any atom is -0.495 e. The quantitative estimate of drug-likeness (QED) is 0.721. The SMILES string of the molecule is COC(=O)CCN1CCN(c2ccc(-c3ccc(C#N)cc3)cc2OC)C1=O. The summed E-state index contributed by atoms with van der Waals surface area (Å²) in [6.45, 7) is 1.39. The van der Waals surface area contributed by atoms with Crippen molar-refractivity contribution in [2.45, 2.75) is 6.42 Å². The van der Waals surface area contributed by atoms with Crippen LogP contribution in [0.2, 0.25) is 0 Å². The van der Waals surface area contributed by atoms with E-state index in [1.807, 2.05) is 30.3 Å². The summed E-state index contributed by atoms with van der Waals surface area (Å²) in [5.41, 5.74) is 3.17. The fourth-order valence-electron chi connectivity index (χ4n) is 3.16. The first kappa shape index (κ1) is 19.2. The number of methoxy groups -OCH3 is 2. The third-order valence-electron chi connectivity index (χ3n) is 4.73. The minimum absolute atomic E-state index is 0.159. The van der Waals surface area contributed by atoms with Crippen molar-refractivity contribution in [3.05, 3.63) is 48.0 Å². The summed E-state index contributed by atoms with van der Waals surface area (Å²) >= 11 is 0. The normalized spacial score (nSPS) is 13.4. The van der Waals surface area contributed by atoms with Crippen LogP contribution in [-0.4, -0.2) is 50.8 Å². The summed E-state index contributed by atoms with van der Waals surface area (Å²) in [6.07, 6.45) is 0.171. The van der Waals surface area contributed by atoms with E-state index in [0.717, 1.165) is 11.1 Å². The van der Waals surface area contributed by atoms with E-state index in [9.17, 15) is 9.59 Å². The predicted octanol–water partition coefficient (Wildman–Crippen LogP) is 3.04. The van der Waals surface area contributed by atoms with Crippen molar-refractivity contribution in [3.8, 4) is 22.9 Å². The lowest BCUT2D eigenvalue weighted by molar-refractivity contribution is -0.140. The number of esters is 1. The Bertz CT molecular complexity index is 918. The molecule has 0 atom stereocenters. The van der Waals surface area contributed by atoms with E-state index in [4.69, 9.17) is 10.00 Å². The second-order valence-electron chi connectivity index (χ2n) is 6.32. The Balaban J connectivity index is 1.80. The predicted molar refractivity (Wildman–Crippen MR) is 104 cm³/mol. The van der Waals surface area contributed by atoms with E-state index >= 15 is 0 Å². The van der Waals surface area contributed by atoms with Crippen LogP contribution in [0.4, 0.5) is 10.5 Å². The molecule has 0 bridgehead atoms. The maximum Gasteiger partial charge on any atom is 0.324 e. The summed E-state index contributed by atoms with van der Waals surface area (Å²) in [7, 11) is 2.90. The Hall–Kier alpha value is -3.53. The third-order valence-corrected chi connectivity index (χ3v) is 4.73. The lowest BCUT2D eigenvalue weighted by Crippen LogP contribution is -2.33. The average molecular weight is 379 g/mol. The smallest absolute Gasteiger partial charge is 0.324 e. The van der Waals surface area contributed by atoms with Gasteiger partial charge in [0.25, 0.3) is 0 Å². The minimum atomic E-state index is -0.337. The van der Waals surface area contributed by atoms with Gasteiger partial charge in [0.2, 0.25) is 0 Å². The van der Waals surface area contributed by atoms with E-state index in [1.54, 1.807) is 29.0 Å². The summed E-state index contributed by atoms with van der Waals surface area (Å²) < 4.78 is 10.2. The van der Waals surface area contributed by atoms with Gasteiger partial charge in [0.15, 0.2) is 0 Å². The van der Waals surface area contributed by atoms with Crippen LogP contribution in [0.25, 0.3) is 11.1 Å². The molecule has 144 valence electrons. The fourth-order valence-corrected chi connectivity index (χ4v) is 3.16. The van der Waals surface area contributed by atoms with Crippen LogP contribution in [-0.2, 0) is 9.53 Å². The second-order valence-corrected chi connectivity index (χ2v) is 6.32. The highest BCUT2D eigenvalue weighted by Crippen LogP contribution is 2.35. The Kier molecular flexibility index (Phi) is 5.80. The van der Waals surface area contributed by atoms with Crippen LogP contribution in [0.15, 0.2) is 42.5 Å². The van der Waals surface area contributed by atoms with Gasteiger partial charge in [-0.3, -0.25) is 9.69 Å². The zero-order valence-corrected chi connectivity index (χ0v) is 15.8. The van der Waals surface area contributed by atoms with E-state index in [-0.39, 0.29) is 18.4 Å². The molecule has 0 aliphatic carbocycles. The molecule has 7 heteroatoms. The Morgan fingerprint density at radius 3 is 2.46 bits per heavy atom. The molecule has 2 aromatic carbocycles. The number of anilines is 1. The van der Waals surface area contributed by atoms with Gasteiger partial charge in [-0.05, 0) is 35.4 Å². The number of carbonyl (C=O) groups excluding carboxylic acids is 2. The highest BCUT2D eigenvalue weighted by atomic mass is 16.5. The maximum atomic E-state index is 12.7. The first-order chi connectivity index (χ1) is 13.6. The number of carbonyl (C=O) groups is 2. The number of hydrogen-bond donors (Lipinski definition) is 0. The van der Waals surface area contributed by atoms with Crippen LogP contribution in [0.5, 0.6) is 5.75 Å². The number of amides is 2. The second kappa shape index (κ2) is 8.44. The number of nitrogens with zero attached hydrogens (tertiary/aromatic N) is 3. The zero-order valence-electron chi connectivity index (χ0n) is 15.8. The highest BCUT2D eigenvalue weighted by Gasteiger charge is 2.31. The van der Waals surface area contributed by atoms with Crippen molar-refractivity contribution >= 4 is 17.7 Å². The van der Waals surface area contributed by atoms with Gasteiger partial charge >= 0.3 is 12.0 Å². The van der Waals surface area contributed by atoms with Gasteiger partial charge in [-0.2, -0.15) is 5.26 Å². The Morgan fingerprint density at radius 2 is 1.82 bits per heavy atom. The molecule has 3 rings (SSSR count).